The van der Waals surface area contributed by atoms with Gasteiger partial charge >= 0.3 is 5.97 Å². The first-order chi connectivity index (χ1) is 12.0. The van der Waals surface area contributed by atoms with E-state index in [-0.39, 0.29) is 24.8 Å². The summed E-state index contributed by atoms with van der Waals surface area (Å²) in [6, 6.07) is 12.4. The zero-order valence-electron chi connectivity index (χ0n) is 14.1. The lowest BCUT2D eigenvalue weighted by Gasteiger charge is -2.18. The summed E-state index contributed by atoms with van der Waals surface area (Å²) >= 11 is 0. The zero-order valence-corrected chi connectivity index (χ0v) is 14.1. The molecule has 0 amide bonds. The summed E-state index contributed by atoms with van der Waals surface area (Å²) in [7, 11) is 0. The third kappa shape index (κ3) is 6.08. The molecule has 0 aliphatic rings. The molecule has 0 saturated heterocycles. The number of ether oxygens (including phenoxy) is 3. The number of benzene rings is 2. The van der Waals surface area contributed by atoms with E-state index in [0.717, 1.165) is 0 Å². The first-order valence-corrected chi connectivity index (χ1v) is 7.93. The van der Waals surface area contributed by atoms with Crippen molar-refractivity contribution in [2.24, 2.45) is 0 Å². The van der Waals surface area contributed by atoms with Crippen LogP contribution in [0, 0.1) is 5.82 Å². The summed E-state index contributed by atoms with van der Waals surface area (Å²) in [6.45, 7) is 3.51. The molecule has 0 aliphatic carbocycles. The fourth-order valence-electron chi connectivity index (χ4n) is 2.06. The summed E-state index contributed by atoms with van der Waals surface area (Å²) in [6.07, 6.45) is -1.30. The van der Waals surface area contributed by atoms with Gasteiger partial charge in [0.2, 0.25) is 0 Å². The van der Waals surface area contributed by atoms with Crippen LogP contribution in [0.4, 0.5) is 4.39 Å². The fraction of sp³-hybridized carbons (Fsp3) is 0.316. The Labute approximate surface area is 146 Å². The van der Waals surface area contributed by atoms with E-state index in [1.54, 1.807) is 44.2 Å². The van der Waals surface area contributed by atoms with Crippen LogP contribution in [0.1, 0.15) is 19.4 Å². The van der Waals surface area contributed by atoms with Crippen molar-refractivity contribution < 1.29 is 28.5 Å². The summed E-state index contributed by atoms with van der Waals surface area (Å²) in [4.78, 5) is 12.0. The Balaban J connectivity index is 1.73. The van der Waals surface area contributed by atoms with Crippen molar-refractivity contribution in [3.63, 3.8) is 0 Å². The molecule has 1 N–H and O–H groups in total. The number of hydrogen-bond donors (Lipinski definition) is 1. The van der Waals surface area contributed by atoms with Gasteiger partial charge in [0.15, 0.2) is 6.10 Å². The van der Waals surface area contributed by atoms with Gasteiger partial charge in [0.1, 0.15) is 23.4 Å². The molecule has 0 aromatic heterocycles. The van der Waals surface area contributed by atoms with Gasteiger partial charge in [-0.1, -0.05) is 18.2 Å². The molecule has 2 unspecified atom stereocenters. The minimum atomic E-state index is -0.807. The lowest BCUT2D eigenvalue weighted by Crippen LogP contribution is -2.31. The molecule has 0 radical (unpaired) electrons. The molecule has 5 nitrogen and oxygen atoms in total. The van der Waals surface area contributed by atoms with E-state index in [2.05, 4.69) is 0 Å². The molecule has 0 heterocycles. The van der Waals surface area contributed by atoms with Crippen molar-refractivity contribution in [2.45, 2.75) is 32.7 Å². The van der Waals surface area contributed by atoms with Gasteiger partial charge in [-0.05, 0) is 44.2 Å². The Hall–Kier alpha value is -2.60. The van der Waals surface area contributed by atoms with Crippen molar-refractivity contribution in [3.8, 4) is 11.5 Å². The van der Waals surface area contributed by atoms with Crippen LogP contribution in [0.25, 0.3) is 0 Å². The molecule has 2 aromatic rings. The Bertz CT molecular complexity index is 686. The number of carbonyl (C=O) groups is 1. The van der Waals surface area contributed by atoms with Gasteiger partial charge in [0.25, 0.3) is 0 Å². The van der Waals surface area contributed by atoms with E-state index in [9.17, 15) is 14.3 Å². The topological polar surface area (TPSA) is 65.0 Å². The number of carbonyl (C=O) groups excluding carboxylic acids is 1. The molecule has 2 aromatic carbocycles. The summed E-state index contributed by atoms with van der Waals surface area (Å²) in [5.74, 6) is -0.299. The first-order valence-electron chi connectivity index (χ1n) is 7.93. The molecular formula is C19H21FO5. The van der Waals surface area contributed by atoms with Crippen LogP contribution < -0.4 is 4.74 Å². The maximum absolute atomic E-state index is 13.5. The quantitative estimate of drug-likeness (QED) is 0.740. The van der Waals surface area contributed by atoms with E-state index in [1.807, 2.05) is 0 Å². The lowest BCUT2D eigenvalue weighted by atomic mass is 10.2. The lowest BCUT2D eigenvalue weighted by molar-refractivity contribution is -0.158. The van der Waals surface area contributed by atoms with E-state index in [0.29, 0.717) is 11.3 Å². The van der Waals surface area contributed by atoms with E-state index in [4.69, 9.17) is 14.2 Å². The van der Waals surface area contributed by atoms with Crippen molar-refractivity contribution in [1.82, 2.24) is 0 Å². The predicted molar refractivity (Wildman–Crippen MR) is 89.8 cm³/mol. The minimum absolute atomic E-state index is 0.105. The SMILES string of the molecule is CC(COCc1ccccc1F)OC(=O)C(C)Oc1ccc(O)cc1. The number of phenolic OH excluding ortho intramolecular Hbond substituents is 1. The van der Waals surface area contributed by atoms with Crippen LogP contribution >= 0.6 is 0 Å². The van der Waals surface area contributed by atoms with Gasteiger partial charge < -0.3 is 19.3 Å². The molecular weight excluding hydrogens is 327 g/mol. The van der Waals surface area contributed by atoms with E-state index in [1.165, 1.54) is 18.2 Å². The molecule has 134 valence electrons. The summed E-state index contributed by atoms with van der Waals surface area (Å²) in [5, 5.41) is 9.22. The van der Waals surface area contributed by atoms with E-state index < -0.39 is 18.2 Å². The number of aromatic hydroxyl groups is 1. The highest BCUT2D eigenvalue weighted by Gasteiger charge is 2.19. The third-order valence-corrected chi connectivity index (χ3v) is 3.37. The highest BCUT2D eigenvalue weighted by molar-refractivity contribution is 5.74. The molecule has 2 atom stereocenters. The number of esters is 1. The Kier molecular flexibility index (Phi) is 6.77. The second-order valence-electron chi connectivity index (χ2n) is 5.61. The molecule has 2 rings (SSSR count). The molecule has 0 aliphatic heterocycles. The third-order valence-electron chi connectivity index (χ3n) is 3.37. The van der Waals surface area contributed by atoms with Crippen LogP contribution in [-0.2, 0) is 20.9 Å². The number of hydrogen-bond acceptors (Lipinski definition) is 5. The molecule has 0 spiro atoms. The summed E-state index contributed by atoms with van der Waals surface area (Å²) < 4.78 is 29.5. The monoisotopic (exact) mass is 348 g/mol. The maximum atomic E-state index is 13.5. The Morgan fingerprint density at radius 3 is 2.48 bits per heavy atom. The minimum Gasteiger partial charge on any atom is -0.508 e. The Morgan fingerprint density at radius 1 is 1.12 bits per heavy atom. The second-order valence-corrected chi connectivity index (χ2v) is 5.61. The van der Waals surface area contributed by atoms with Gasteiger partial charge in [-0.2, -0.15) is 0 Å². The molecule has 0 fully saturated rings. The van der Waals surface area contributed by atoms with Crippen LogP contribution in [0.5, 0.6) is 11.5 Å². The van der Waals surface area contributed by atoms with E-state index >= 15 is 0 Å². The Morgan fingerprint density at radius 2 is 1.80 bits per heavy atom. The van der Waals surface area contributed by atoms with Crippen molar-refractivity contribution >= 4 is 5.97 Å². The van der Waals surface area contributed by atoms with Gasteiger partial charge in [-0.25, -0.2) is 9.18 Å². The fourth-order valence-corrected chi connectivity index (χ4v) is 2.06. The number of phenols is 1. The van der Waals surface area contributed by atoms with Crippen LogP contribution in [-0.4, -0.2) is 29.9 Å². The first kappa shape index (κ1) is 18.7. The van der Waals surface area contributed by atoms with Crippen molar-refractivity contribution in [3.05, 3.63) is 59.9 Å². The summed E-state index contributed by atoms with van der Waals surface area (Å²) in [5.41, 5.74) is 0.449. The maximum Gasteiger partial charge on any atom is 0.347 e. The second kappa shape index (κ2) is 9.03. The normalized spacial score (nSPS) is 13.1. The molecule has 6 heteroatoms. The average Bonchev–Trinajstić information content (AvgIpc) is 2.58. The zero-order chi connectivity index (χ0) is 18.2. The average molecular weight is 348 g/mol. The van der Waals surface area contributed by atoms with Gasteiger partial charge in [0.05, 0.1) is 13.2 Å². The largest absolute Gasteiger partial charge is 0.508 e. The predicted octanol–water partition coefficient (Wildman–Crippen LogP) is 3.45. The van der Waals surface area contributed by atoms with Crippen LogP contribution in [0.2, 0.25) is 0 Å². The standard InChI is InChI=1S/C19H21FO5/c1-13(11-23-12-15-5-3-4-6-18(15)20)24-19(22)14(2)25-17-9-7-16(21)8-10-17/h3-10,13-14,21H,11-12H2,1-2H3. The van der Waals surface area contributed by atoms with Crippen LogP contribution in [0.15, 0.2) is 48.5 Å². The van der Waals surface area contributed by atoms with Gasteiger partial charge in [-0.15, -0.1) is 0 Å². The highest BCUT2D eigenvalue weighted by Crippen LogP contribution is 2.17. The molecule has 25 heavy (non-hydrogen) atoms. The number of rotatable bonds is 8. The van der Waals surface area contributed by atoms with Crippen molar-refractivity contribution in [2.75, 3.05) is 6.61 Å². The van der Waals surface area contributed by atoms with Gasteiger partial charge in [0, 0.05) is 5.56 Å². The van der Waals surface area contributed by atoms with Crippen molar-refractivity contribution in [1.29, 1.82) is 0 Å². The number of halogens is 1. The molecule has 0 saturated carbocycles. The van der Waals surface area contributed by atoms with Crippen LogP contribution in [0.3, 0.4) is 0 Å². The smallest absolute Gasteiger partial charge is 0.347 e. The molecule has 0 bridgehead atoms. The highest BCUT2D eigenvalue weighted by atomic mass is 19.1. The van der Waals surface area contributed by atoms with Gasteiger partial charge in [-0.3, -0.25) is 0 Å².